The lowest BCUT2D eigenvalue weighted by atomic mass is 10.0. The van der Waals surface area contributed by atoms with E-state index >= 15 is 0 Å². The number of hydrogen-bond donors (Lipinski definition) is 2. The molecule has 17 heavy (non-hydrogen) atoms. The van der Waals surface area contributed by atoms with Crippen LogP contribution in [0.25, 0.3) is 10.1 Å². The molecule has 2 N–H and O–H groups in total. The van der Waals surface area contributed by atoms with Gasteiger partial charge in [-0.15, -0.1) is 11.3 Å². The normalized spacial score (nSPS) is 12.2. The fourth-order valence-electron chi connectivity index (χ4n) is 1.82. The molecule has 2 aromatic rings. The number of thiophene rings is 1. The van der Waals surface area contributed by atoms with Gasteiger partial charge < -0.3 is 10.4 Å². The first-order valence-corrected chi connectivity index (χ1v) is 6.76. The fourth-order valence-corrected chi connectivity index (χ4v) is 2.82. The molecule has 0 amide bonds. The molecule has 1 aromatic heterocycles. The van der Waals surface area contributed by atoms with Gasteiger partial charge in [0.1, 0.15) is 0 Å². The SMILES string of the molecule is CC(C)(CCO)NCc1cc2ccccc2s1. The molecule has 0 aliphatic rings. The van der Waals surface area contributed by atoms with Gasteiger partial charge in [0.25, 0.3) is 0 Å². The Kier molecular flexibility index (Phi) is 3.82. The van der Waals surface area contributed by atoms with E-state index < -0.39 is 0 Å². The summed E-state index contributed by atoms with van der Waals surface area (Å²) in [5.41, 5.74) is -0.00900. The Morgan fingerprint density at radius 3 is 2.76 bits per heavy atom. The average molecular weight is 249 g/mol. The molecule has 3 heteroatoms. The van der Waals surface area contributed by atoms with Gasteiger partial charge in [0.15, 0.2) is 0 Å². The summed E-state index contributed by atoms with van der Waals surface area (Å²) in [6.45, 7) is 5.34. The summed E-state index contributed by atoms with van der Waals surface area (Å²) in [4.78, 5) is 1.34. The third-order valence-electron chi connectivity index (χ3n) is 2.95. The smallest absolute Gasteiger partial charge is 0.0448 e. The maximum absolute atomic E-state index is 8.98. The summed E-state index contributed by atoms with van der Waals surface area (Å²) in [5.74, 6) is 0. The van der Waals surface area contributed by atoms with Crippen LogP contribution in [0.3, 0.4) is 0 Å². The van der Waals surface area contributed by atoms with Crippen LogP contribution in [0.1, 0.15) is 25.1 Å². The highest BCUT2D eigenvalue weighted by Gasteiger charge is 2.16. The van der Waals surface area contributed by atoms with Crippen LogP contribution in [0.4, 0.5) is 0 Å². The van der Waals surface area contributed by atoms with Crippen LogP contribution >= 0.6 is 11.3 Å². The van der Waals surface area contributed by atoms with Gasteiger partial charge in [-0.3, -0.25) is 0 Å². The molecule has 1 heterocycles. The first kappa shape index (κ1) is 12.6. The number of nitrogens with one attached hydrogen (secondary N) is 1. The summed E-state index contributed by atoms with van der Waals surface area (Å²) >= 11 is 1.83. The first-order valence-electron chi connectivity index (χ1n) is 5.94. The number of hydrogen-bond acceptors (Lipinski definition) is 3. The third-order valence-corrected chi connectivity index (χ3v) is 4.07. The van der Waals surface area contributed by atoms with Crippen molar-refractivity contribution in [2.45, 2.75) is 32.4 Å². The molecule has 0 spiro atoms. The van der Waals surface area contributed by atoms with E-state index in [9.17, 15) is 0 Å². The van der Waals surface area contributed by atoms with Gasteiger partial charge in [-0.25, -0.2) is 0 Å². The minimum Gasteiger partial charge on any atom is -0.396 e. The zero-order valence-corrected chi connectivity index (χ0v) is 11.2. The number of fused-ring (bicyclic) bond motifs is 1. The standard InChI is InChI=1S/C14H19NOS/c1-14(2,7-8-16)15-10-12-9-11-5-3-4-6-13(11)17-12/h3-6,9,15-16H,7-8,10H2,1-2H3. The molecular weight excluding hydrogens is 230 g/mol. The number of rotatable bonds is 5. The van der Waals surface area contributed by atoms with E-state index in [2.05, 4.69) is 49.5 Å². The van der Waals surface area contributed by atoms with Crippen molar-refractivity contribution in [1.29, 1.82) is 0 Å². The average Bonchev–Trinajstić information content (AvgIpc) is 2.69. The highest BCUT2D eigenvalue weighted by molar-refractivity contribution is 7.19. The number of aliphatic hydroxyl groups excluding tert-OH is 1. The zero-order valence-electron chi connectivity index (χ0n) is 10.4. The van der Waals surface area contributed by atoms with Crippen LogP contribution in [0.2, 0.25) is 0 Å². The Morgan fingerprint density at radius 2 is 2.06 bits per heavy atom. The Hall–Kier alpha value is -0.900. The molecule has 0 fully saturated rings. The molecule has 2 rings (SSSR count). The van der Waals surface area contributed by atoms with Crippen molar-refractivity contribution in [1.82, 2.24) is 5.32 Å². The summed E-state index contributed by atoms with van der Waals surface area (Å²) in [7, 11) is 0. The molecule has 0 aliphatic carbocycles. The highest BCUT2D eigenvalue weighted by atomic mass is 32.1. The summed E-state index contributed by atoms with van der Waals surface area (Å²) in [6, 6.07) is 10.7. The second-order valence-corrected chi connectivity index (χ2v) is 6.13. The molecule has 0 bridgehead atoms. The lowest BCUT2D eigenvalue weighted by Crippen LogP contribution is -2.39. The van der Waals surface area contributed by atoms with E-state index in [1.807, 2.05) is 11.3 Å². The molecule has 0 unspecified atom stereocenters. The quantitative estimate of drug-likeness (QED) is 0.853. The summed E-state index contributed by atoms with van der Waals surface area (Å²) in [6.07, 6.45) is 0.776. The maximum Gasteiger partial charge on any atom is 0.0448 e. The van der Waals surface area contributed by atoms with Crippen LogP contribution in [-0.2, 0) is 6.54 Å². The van der Waals surface area contributed by atoms with Crippen LogP contribution in [0.15, 0.2) is 30.3 Å². The van der Waals surface area contributed by atoms with E-state index in [0.717, 1.165) is 13.0 Å². The molecule has 1 aromatic carbocycles. The maximum atomic E-state index is 8.98. The summed E-state index contributed by atoms with van der Waals surface area (Å²) < 4.78 is 1.34. The minimum atomic E-state index is -0.00900. The monoisotopic (exact) mass is 249 g/mol. The second-order valence-electron chi connectivity index (χ2n) is 4.96. The molecule has 2 nitrogen and oxygen atoms in total. The van der Waals surface area contributed by atoms with E-state index in [0.29, 0.717) is 0 Å². The van der Waals surface area contributed by atoms with Crippen LogP contribution < -0.4 is 5.32 Å². The van der Waals surface area contributed by atoms with Crippen molar-refractivity contribution >= 4 is 21.4 Å². The van der Waals surface area contributed by atoms with Crippen molar-refractivity contribution in [2.75, 3.05) is 6.61 Å². The Labute approximate surface area is 106 Å². The topological polar surface area (TPSA) is 32.3 Å². The molecule has 0 atom stereocenters. The van der Waals surface area contributed by atoms with E-state index in [1.165, 1.54) is 15.0 Å². The minimum absolute atomic E-state index is 0.00900. The van der Waals surface area contributed by atoms with Gasteiger partial charge in [0.05, 0.1) is 0 Å². The van der Waals surface area contributed by atoms with Gasteiger partial charge in [-0.1, -0.05) is 18.2 Å². The molecule has 0 saturated heterocycles. The van der Waals surface area contributed by atoms with Gasteiger partial charge >= 0.3 is 0 Å². The molecule has 92 valence electrons. The predicted molar refractivity (Wildman–Crippen MR) is 74.4 cm³/mol. The lowest BCUT2D eigenvalue weighted by molar-refractivity contribution is 0.230. The van der Waals surface area contributed by atoms with Crippen LogP contribution in [0, 0.1) is 0 Å². The van der Waals surface area contributed by atoms with Crippen molar-refractivity contribution in [2.24, 2.45) is 0 Å². The Morgan fingerprint density at radius 1 is 1.29 bits per heavy atom. The number of aliphatic hydroxyl groups is 1. The van der Waals surface area contributed by atoms with Crippen LogP contribution in [-0.4, -0.2) is 17.3 Å². The van der Waals surface area contributed by atoms with Crippen molar-refractivity contribution in [3.63, 3.8) is 0 Å². The number of benzene rings is 1. The van der Waals surface area contributed by atoms with Gasteiger partial charge in [-0.05, 0) is 37.8 Å². The first-order chi connectivity index (χ1) is 8.11. The van der Waals surface area contributed by atoms with E-state index in [1.54, 1.807) is 0 Å². The van der Waals surface area contributed by atoms with Gasteiger partial charge in [-0.2, -0.15) is 0 Å². The van der Waals surface area contributed by atoms with E-state index in [4.69, 9.17) is 5.11 Å². The lowest BCUT2D eigenvalue weighted by Gasteiger charge is -2.25. The Bertz CT molecular complexity index is 457. The zero-order chi connectivity index (χ0) is 12.3. The molecule has 0 aliphatic heterocycles. The largest absolute Gasteiger partial charge is 0.396 e. The highest BCUT2D eigenvalue weighted by Crippen LogP contribution is 2.25. The van der Waals surface area contributed by atoms with Crippen molar-refractivity contribution in [3.8, 4) is 0 Å². The Balaban J connectivity index is 2.04. The predicted octanol–water partition coefficient (Wildman–Crippen LogP) is 3.15. The van der Waals surface area contributed by atoms with Crippen molar-refractivity contribution < 1.29 is 5.11 Å². The van der Waals surface area contributed by atoms with Crippen LogP contribution in [0.5, 0.6) is 0 Å². The molecule has 0 radical (unpaired) electrons. The fraction of sp³-hybridized carbons (Fsp3) is 0.429. The third kappa shape index (κ3) is 3.28. The van der Waals surface area contributed by atoms with Gasteiger partial charge in [0.2, 0.25) is 0 Å². The molecule has 0 saturated carbocycles. The van der Waals surface area contributed by atoms with E-state index in [-0.39, 0.29) is 12.1 Å². The molecular formula is C14H19NOS. The van der Waals surface area contributed by atoms with Crippen molar-refractivity contribution in [3.05, 3.63) is 35.2 Å². The summed E-state index contributed by atoms with van der Waals surface area (Å²) in [5, 5.41) is 13.8. The van der Waals surface area contributed by atoms with Gasteiger partial charge in [0, 0.05) is 28.3 Å². The second kappa shape index (κ2) is 5.17.